The van der Waals surface area contributed by atoms with Gasteiger partial charge < -0.3 is 19.9 Å². The van der Waals surface area contributed by atoms with Crippen molar-refractivity contribution in [3.63, 3.8) is 0 Å². The maximum Gasteiger partial charge on any atom is 0.416 e. The number of carbonyl (C=O) groups excluding carboxylic acids is 2. The summed E-state index contributed by atoms with van der Waals surface area (Å²) in [5.41, 5.74) is -0.284. The Kier molecular flexibility index (Phi) is 9.29. The number of benzene rings is 2. The van der Waals surface area contributed by atoms with E-state index < -0.39 is 46.9 Å². The van der Waals surface area contributed by atoms with E-state index in [-0.39, 0.29) is 69.0 Å². The van der Waals surface area contributed by atoms with Crippen molar-refractivity contribution in [3.05, 3.63) is 97.1 Å². The average molecular weight is 853 g/mol. The predicted molar refractivity (Wildman–Crippen MR) is 203 cm³/mol. The third kappa shape index (κ3) is 6.46. The van der Waals surface area contributed by atoms with Gasteiger partial charge in [0, 0.05) is 39.8 Å². The predicted octanol–water partition coefficient (Wildman–Crippen LogP) is 6.15. The van der Waals surface area contributed by atoms with Gasteiger partial charge in [-0.1, -0.05) is 13.0 Å². The summed E-state index contributed by atoms with van der Waals surface area (Å²) in [5.74, 6) is -2.29. The highest BCUT2D eigenvalue weighted by molar-refractivity contribution is 9.10. The second kappa shape index (κ2) is 13.7. The molecule has 2 aliphatic carbocycles. The van der Waals surface area contributed by atoms with Crippen LogP contribution >= 0.6 is 15.9 Å². The molecule has 4 heterocycles. The second-order valence-electron chi connectivity index (χ2n) is 15.5. The van der Waals surface area contributed by atoms with Crippen LogP contribution in [0.25, 0.3) is 17.2 Å². The Morgan fingerprint density at radius 3 is 2.42 bits per heavy atom. The number of amides is 2. The van der Waals surface area contributed by atoms with Crippen molar-refractivity contribution in [1.29, 1.82) is 0 Å². The molecule has 1 unspecified atom stereocenters. The number of rotatable bonds is 7. The number of hydrogen-bond acceptors (Lipinski definition) is 9. The Hall–Kier alpha value is -5.23. The van der Waals surface area contributed by atoms with Gasteiger partial charge in [0.1, 0.15) is 18.7 Å². The first-order valence-electron chi connectivity index (χ1n) is 18.4. The minimum Gasteiger partial charge on any atom is -0.504 e. The molecule has 1 aliphatic heterocycles. The highest BCUT2D eigenvalue weighted by Crippen LogP contribution is 2.52. The van der Waals surface area contributed by atoms with E-state index in [1.54, 1.807) is 22.5 Å². The minimum atomic E-state index is -4.59. The lowest BCUT2D eigenvalue weighted by atomic mass is 9.73. The highest BCUT2D eigenvalue weighted by atomic mass is 79.9. The Labute approximate surface area is 331 Å². The van der Waals surface area contributed by atoms with E-state index >= 15 is 4.39 Å². The largest absolute Gasteiger partial charge is 0.504 e. The number of halogens is 5. The molecule has 2 N–H and O–H groups in total. The van der Waals surface area contributed by atoms with E-state index in [2.05, 4.69) is 46.2 Å². The van der Waals surface area contributed by atoms with Crippen molar-refractivity contribution in [2.24, 2.45) is 0 Å². The van der Waals surface area contributed by atoms with Crippen LogP contribution in [0.5, 0.6) is 5.75 Å². The maximum absolute atomic E-state index is 15.9. The zero-order valence-corrected chi connectivity index (χ0v) is 33.0. The number of hydrogen-bond donors (Lipinski definition) is 2. The van der Waals surface area contributed by atoms with Crippen LogP contribution in [0.1, 0.15) is 83.5 Å². The summed E-state index contributed by atoms with van der Waals surface area (Å²) in [6.45, 7) is 3.57. The van der Waals surface area contributed by atoms with Crippen molar-refractivity contribution in [3.8, 4) is 17.1 Å². The number of nitrogens with one attached hydrogen (secondary N) is 1. The number of fused-ring (bicyclic) bond motifs is 3. The van der Waals surface area contributed by atoms with E-state index in [4.69, 9.17) is 0 Å². The van der Waals surface area contributed by atoms with Crippen LogP contribution in [0.3, 0.4) is 0 Å². The van der Waals surface area contributed by atoms with Crippen LogP contribution in [0, 0.1) is 12.7 Å². The van der Waals surface area contributed by atoms with Gasteiger partial charge >= 0.3 is 6.18 Å². The Morgan fingerprint density at radius 2 is 1.79 bits per heavy atom. The summed E-state index contributed by atoms with van der Waals surface area (Å²) >= 11 is 3.14. The SMILES string of the molecule is Cc1ncnc(C(=O)N2CCC3(CC2)CC(C)c2c3c(=O)n3nc(-c4ccc(C5(N(C)C)CC5)cc4F)nc3n2CC(=O)Nc2ccc(C(F)(F)F)cc2Br)c1O. The molecule has 13 nitrogen and oxygen atoms in total. The molecule has 1 spiro atoms. The first kappa shape index (κ1) is 38.6. The number of aryl methyl sites for hydroxylation is 1. The number of aromatic nitrogens is 6. The molecule has 2 fully saturated rings. The van der Waals surface area contributed by atoms with Crippen LogP contribution in [-0.4, -0.2) is 83.0 Å². The lowest BCUT2D eigenvalue weighted by Gasteiger charge is -2.39. The van der Waals surface area contributed by atoms with Gasteiger partial charge in [-0.05, 0) is 111 Å². The molecule has 57 heavy (non-hydrogen) atoms. The summed E-state index contributed by atoms with van der Waals surface area (Å²) < 4.78 is 58.7. The minimum absolute atomic E-state index is 0.00284. The number of carbonyl (C=O) groups is 2. The van der Waals surface area contributed by atoms with E-state index in [0.29, 0.717) is 30.5 Å². The van der Waals surface area contributed by atoms with Crippen LogP contribution in [0.4, 0.5) is 23.2 Å². The molecule has 18 heteroatoms. The normalized spacial score (nSPS) is 18.4. The standard InChI is InChI=1S/C39H38BrF4N9O4/c1-20-17-37(11-13-51(14-12-37)35(57)30-32(55)21(2)45-19-46-30)29-31(20)52(18-28(54)47-27-8-6-23(15-25(27)40)39(42,43)44)36-48-33(49-53(36)34(29)56)24-7-5-22(16-26(24)41)38(9-10-38)50(3)4/h5-8,15-16,19-20,55H,9-14,17-18H2,1-4H3,(H,47,54). The molecule has 3 aliphatic rings. The van der Waals surface area contributed by atoms with Crippen molar-refractivity contribution in [2.45, 2.75) is 75.5 Å². The van der Waals surface area contributed by atoms with Gasteiger partial charge in [-0.3, -0.25) is 19.3 Å². The number of nitrogens with zero attached hydrogens (tertiary/aromatic N) is 8. The van der Waals surface area contributed by atoms with Gasteiger partial charge in [-0.25, -0.2) is 14.4 Å². The molecule has 0 radical (unpaired) electrons. The fourth-order valence-corrected chi connectivity index (χ4v) is 9.21. The molecule has 3 aromatic heterocycles. The highest BCUT2D eigenvalue weighted by Gasteiger charge is 2.50. The van der Waals surface area contributed by atoms with E-state index in [1.807, 2.05) is 27.1 Å². The molecule has 2 aromatic carbocycles. The third-order valence-electron chi connectivity index (χ3n) is 11.9. The van der Waals surface area contributed by atoms with Gasteiger partial charge in [-0.15, -0.1) is 5.10 Å². The molecule has 1 saturated carbocycles. The third-order valence-corrected chi connectivity index (χ3v) is 12.5. The summed E-state index contributed by atoms with van der Waals surface area (Å²) in [6.07, 6.45) is -0.353. The van der Waals surface area contributed by atoms with Crippen molar-refractivity contribution in [2.75, 3.05) is 32.5 Å². The first-order chi connectivity index (χ1) is 26.9. The summed E-state index contributed by atoms with van der Waals surface area (Å²) in [4.78, 5) is 58.2. The molecule has 1 atom stereocenters. The van der Waals surface area contributed by atoms with E-state index in [1.165, 1.54) is 12.4 Å². The molecule has 8 rings (SSSR count). The first-order valence-corrected chi connectivity index (χ1v) is 19.2. The Balaban J connectivity index is 1.19. The summed E-state index contributed by atoms with van der Waals surface area (Å²) in [7, 11) is 3.89. The molecular weight excluding hydrogens is 814 g/mol. The van der Waals surface area contributed by atoms with Crippen LogP contribution in [0.2, 0.25) is 0 Å². The van der Waals surface area contributed by atoms with Gasteiger partial charge in [-0.2, -0.15) is 22.7 Å². The average Bonchev–Trinajstić information content (AvgIpc) is 3.78. The molecule has 2 amide bonds. The monoisotopic (exact) mass is 851 g/mol. The van der Waals surface area contributed by atoms with Crippen LogP contribution in [0.15, 0.2) is 52.0 Å². The second-order valence-corrected chi connectivity index (χ2v) is 16.3. The number of piperidine rings is 1. The number of alkyl halides is 3. The van der Waals surface area contributed by atoms with Gasteiger partial charge in [0.2, 0.25) is 11.7 Å². The summed E-state index contributed by atoms with van der Waals surface area (Å²) in [6, 6.07) is 7.76. The van der Waals surface area contributed by atoms with Gasteiger partial charge in [0.15, 0.2) is 17.3 Å². The topological polar surface area (TPSA) is 151 Å². The quantitative estimate of drug-likeness (QED) is 0.184. The fraction of sp³-hybridized carbons (Fsp3) is 0.410. The number of likely N-dealkylation sites (tertiary alicyclic amines) is 1. The Morgan fingerprint density at radius 1 is 1.07 bits per heavy atom. The molecular formula is C39H38BrF4N9O4. The van der Waals surface area contributed by atoms with Crippen molar-refractivity contribution in [1.82, 2.24) is 38.9 Å². The fourth-order valence-electron chi connectivity index (χ4n) is 8.73. The molecule has 5 aromatic rings. The number of aromatic hydroxyl groups is 1. The Bertz CT molecular complexity index is 2540. The van der Waals surface area contributed by atoms with E-state index in [9.17, 15) is 32.7 Å². The summed E-state index contributed by atoms with van der Waals surface area (Å²) in [5, 5.41) is 17.7. The van der Waals surface area contributed by atoms with Crippen LogP contribution in [-0.2, 0) is 28.5 Å². The van der Waals surface area contributed by atoms with E-state index in [0.717, 1.165) is 41.1 Å². The number of anilines is 1. The zero-order chi connectivity index (χ0) is 40.8. The lowest BCUT2D eigenvalue weighted by Crippen LogP contribution is -2.46. The molecule has 298 valence electrons. The van der Waals surface area contributed by atoms with Crippen molar-refractivity contribution >= 4 is 39.2 Å². The smallest absolute Gasteiger partial charge is 0.416 e. The zero-order valence-electron chi connectivity index (χ0n) is 31.4. The molecule has 1 saturated heterocycles. The maximum atomic E-state index is 15.9. The van der Waals surface area contributed by atoms with Gasteiger partial charge in [0.25, 0.3) is 11.5 Å². The lowest BCUT2D eigenvalue weighted by molar-refractivity contribution is -0.137. The molecule has 0 bridgehead atoms. The van der Waals surface area contributed by atoms with Gasteiger partial charge in [0.05, 0.1) is 22.5 Å². The van der Waals surface area contributed by atoms with Crippen LogP contribution < -0.4 is 10.9 Å². The van der Waals surface area contributed by atoms with Crippen molar-refractivity contribution < 1.29 is 32.3 Å².